The largest absolute Gasteiger partial charge is 0.423 e. The molecule has 2 aromatic rings. The molecular formula is C15H13N3O2. The van der Waals surface area contributed by atoms with Crippen molar-refractivity contribution in [2.24, 2.45) is 10.2 Å². The Morgan fingerprint density at radius 3 is 2.45 bits per heavy atom. The van der Waals surface area contributed by atoms with Crippen LogP contribution in [0.5, 0.6) is 5.75 Å². The second-order valence-electron chi connectivity index (χ2n) is 4.07. The van der Waals surface area contributed by atoms with Gasteiger partial charge in [0.05, 0.1) is 11.9 Å². The number of esters is 1. The highest BCUT2D eigenvalue weighted by molar-refractivity contribution is 5.88. The average molecular weight is 267 g/mol. The van der Waals surface area contributed by atoms with Gasteiger partial charge in [-0.15, -0.1) is 5.11 Å². The minimum Gasteiger partial charge on any atom is -0.423 e. The van der Waals surface area contributed by atoms with Crippen LogP contribution >= 0.6 is 0 Å². The molecule has 0 amide bonds. The first kappa shape index (κ1) is 13.6. The Morgan fingerprint density at radius 1 is 1.15 bits per heavy atom. The molecule has 0 spiro atoms. The molecule has 0 N–H and O–H groups in total. The Hall–Kier alpha value is -2.82. The second-order valence-corrected chi connectivity index (χ2v) is 4.07. The summed E-state index contributed by atoms with van der Waals surface area (Å²) in [6, 6.07) is 10.3. The monoisotopic (exact) mass is 267 g/mol. The standard InChI is InChI=1S/C15H13N3O2/c1-11(2)15(19)20-14-7-5-12(6-8-14)17-18-13-4-3-9-16-10-13/h3-10H,1H2,2H3. The van der Waals surface area contributed by atoms with Crippen LogP contribution in [0.1, 0.15) is 6.92 Å². The minimum absolute atomic E-state index is 0.352. The number of pyridine rings is 1. The van der Waals surface area contributed by atoms with Gasteiger partial charge in [0.15, 0.2) is 0 Å². The maximum absolute atomic E-state index is 11.3. The van der Waals surface area contributed by atoms with E-state index in [1.807, 2.05) is 0 Å². The molecule has 0 fully saturated rings. The van der Waals surface area contributed by atoms with Crippen molar-refractivity contribution < 1.29 is 9.53 Å². The maximum Gasteiger partial charge on any atom is 0.338 e. The second kappa shape index (κ2) is 6.38. The molecule has 1 heterocycles. The van der Waals surface area contributed by atoms with Crippen molar-refractivity contribution >= 4 is 17.3 Å². The van der Waals surface area contributed by atoms with E-state index in [9.17, 15) is 4.79 Å². The van der Waals surface area contributed by atoms with Crippen LogP contribution in [0.3, 0.4) is 0 Å². The summed E-state index contributed by atoms with van der Waals surface area (Å²) in [6.07, 6.45) is 3.29. The van der Waals surface area contributed by atoms with Crippen LogP contribution < -0.4 is 4.74 Å². The van der Waals surface area contributed by atoms with E-state index in [0.717, 1.165) is 0 Å². The molecule has 0 bridgehead atoms. The third-order valence-electron chi connectivity index (χ3n) is 2.32. The van der Waals surface area contributed by atoms with Crippen LogP contribution in [0, 0.1) is 0 Å². The highest BCUT2D eigenvalue weighted by Crippen LogP contribution is 2.21. The van der Waals surface area contributed by atoms with E-state index in [0.29, 0.717) is 22.7 Å². The zero-order chi connectivity index (χ0) is 14.4. The average Bonchev–Trinajstić information content (AvgIpc) is 2.47. The molecule has 5 heteroatoms. The Labute approximate surface area is 116 Å². The number of nitrogens with zero attached hydrogens (tertiary/aromatic N) is 3. The fourth-order valence-electron chi connectivity index (χ4n) is 1.30. The van der Waals surface area contributed by atoms with E-state index in [1.54, 1.807) is 55.7 Å². The van der Waals surface area contributed by atoms with Gasteiger partial charge in [0, 0.05) is 11.8 Å². The van der Waals surface area contributed by atoms with Gasteiger partial charge in [-0.3, -0.25) is 4.98 Å². The molecule has 0 saturated carbocycles. The Balaban J connectivity index is 2.03. The fraction of sp³-hybridized carbons (Fsp3) is 0.0667. The Morgan fingerprint density at radius 2 is 1.85 bits per heavy atom. The summed E-state index contributed by atoms with van der Waals surface area (Å²) in [5.41, 5.74) is 1.68. The molecule has 5 nitrogen and oxygen atoms in total. The minimum atomic E-state index is -0.449. The molecule has 0 aliphatic rings. The molecule has 20 heavy (non-hydrogen) atoms. The summed E-state index contributed by atoms with van der Waals surface area (Å²) >= 11 is 0. The molecule has 1 aromatic heterocycles. The summed E-state index contributed by atoms with van der Waals surface area (Å²) in [5, 5.41) is 8.09. The summed E-state index contributed by atoms with van der Waals surface area (Å²) in [5.74, 6) is -0.00642. The summed E-state index contributed by atoms with van der Waals surface area (Å²) < 4.78 is 5.07. The van der Waals surface area contributed by atoms with Crippen LogP contribution in [-0.4, -0.2) is 11.0 Å². The number of ether oxygens (including phenoxy) is 1. The van der Waals surface area contributed by atoms with E-state index in [1.165, 1.54) is 0 Å². The predicted octanol–water partition coefficient (Wildman–Crippen LogP) is 3.98. The third-order valence-corrected chi connectivity index (χ3v) is 2.32. The van der Waals surface area contributed by atoms with Crippen LogP contribution in [-0.2, 0) is 4.79 Å². The zero-order valence-corrected chi connectivity index (χ0v) is 11.0. The Bertz CT molecular complexity index is 634. The van der Waals surface area contributed by atoms with Gasteiger partial charge in [-0.1, -0.05) is 6.58 Å². The van der Waals surface area contributed by atoms with Gasteiger partial charge in [0.1, 0.15) is 11.4 Å². The van der Waals surface area contributed by atoms with Gasteiger partial charge in [-0.25, -0.2) is 4.79 Å². The number of hydrogen-bond acceptors (Lipinski definition) is 5. The van der Waals surface area contributed by atoms with E-state index < -0.39 is 5.97 Å². The van der Waals surface area contributed by atoms with Crippen LogP contribution in [0.25, 0.3) is 0 Å². The number of benzene rings is 1. The molecule has 100 valence electrons. The summed E-state index contributed by atoms with van der Waals surface area (Å²) in [7, 11) is 0. The molecule has 0 radical (unpaired) electrons. The van der Waals surface area contributed by atoms with Gasteiger partial charge < -0.3 is 4.74 Å². The van der Waals surface area contributed by atoms with Crippen molar-refractivity contribution in [2.75, 3.05) is 0 Å². The van der Waals surface area contributed by atoms with Crippen molar-refractivity contribution in [1.29, 1.82) is 0 Å². The number of aromatic nitrogens is 1. The highest BCUT2D eigenvalue weighted by atomic mass is 16.5. The lowest BCUT2D eigenvalue weighted by molar-refractivity contribution is -0.130. The van der Waals surface area contributed by atoms with Gasteiger partial charge in [0.25, 0.3) is 0 Å². The van der Waals surface area contributed by atoms with Crippen molar-refractivity contribution in [3.05, 3.63) is 60.9 Å². The quantitative estimate of drug-likeness (QED) is 0.364. The fourth-order valence-corrected chi connectivity index (χ4v) is 1.30. The highest BCUT2D eigenvalue weighted by Gasteiger charge is 2.04. The number of rotatable bonds is 4. The lowest BCUT2D eigenvalue weighted by atomic mass is 10.3. The molecule has 0 aliphatic carbocycles. The number of hydrogen-bond donors (Lipinski definition) is 0. The number of carbonyl (C=O) groups excluding carboxylic acids is 1. The van der Waals surface area contributed by atoms with Crippen molar-refractivity contribution in [3.8, 4) is 5.75 Å². The number of carbonyl (C=O) groups is 1. The zero-order valence-electron chi connectivity index (χ0n) is 11.0. The van der Waals surface area contributed by atoms with E-state index in [2.05, 4.69) is 21.8 Å². The first-order valence-electron chi connectivity index (χ1n) is 5.94. The lowest BCUT2D eigenvalue weighted by Crippen LogP contribution is -2.07. The van der Waals surface area contributed by atoms with E-state index in [-0.39, 0.29) is 0 Å². The molecule has 0 atom stereocenters. The molecule has 1 aromatic carbocycles. The molecule has 0 aliphatic heterocycles. The topological polar surface area (TPSA) is 63.9 Å². The maximum atomic E-state index is 11.3. The molecule has 0 unspecified atom stereocenters. The smallest absolute Gasteiger partial charge is 0.338 e. The van der Waals surface area contributed by atoms with Gasteiger partial charge in [-0.05, 0) is 43.3 Å². The first-order valence-corrected chi connectivity index (χ1v) is 5.94. The van der Waals surface area contributed by atoms with Crippen molar-refractivity contribution in [3.63, 3.8) is 0 Å². The van der Waals surface area contributed by atoms with Crippen LogP contribution in [0.15, 0.2) is 71.2 Å². The number of azo groups is 1. The van der Waals surface area contributed by atoms with Gasteiger partial charge >= 0.3 is 5.97 Å². The third kappa shape index (κ3) is 3.84. The molecular weight excluding hydrogens is 254 g/mol. The predicted molar refractivity (Wildman–Crippen MR) is 75.3 cm³/mol. The van der Waals surface area contributed by atoms with Crippen molar-refractivity contribution in [2.45, 2.75) is 6.92 Å². The van der Waals surface area contributed by atoms with Crippen LogP contribution in [0.2, 0.25) is 0 Å². The molecule has 2 rings (SSSR count). The lowest BCUT2D eigenvalue weighted by Gasteiger charge is -2.03. The first-order chi connectivity index (χ1) is 9.65. The van der Waals surface area contributed by atoms with Gasteiger partial charge in [-0.2, -0.15) is 5.11 Å². The van der Waals surface area contributed by atoms with Crippen LogP contribution in [0.4, 0.5) is 11.4 Å². The van der Waals surface area contributed by atoms with E-state index in [4.69, 9.17) is 4.74 Å². The SMILES string of the molecule is C=C(C)C(=O)Oc1ccc(N=Nc2cccnc2)cc1. The van der Waals surface area contributed by atoms with E-state index >= 15 is 0 Å². The van der Waals surface area contributed by atoms with Crippen molar-refractivity contribution in [1.82, 2.24) is 4.98 Å². The molecule has 0 saturated heterocycles. The summed E-state index contributed by atoms with van der Waals surface area (Å²) in [4.78, 5) is 15.3. The summed E-state index contributed by atoms with van der Waals surface area (Å²) in [6.45, 7) is 5.11. The normalized spacial score (nSPS) is 10.4. The van der Waals surface area contributed by atoms with Gasteiger partial charge in [0.2, 0.25) is 0 Å². The Kier molecular flexibility index (Phi) is 4.34.